The van der Waals surface area contributed by atoms with E-state index in [4.69, 9.17) is 9.47 Å². The normalized spacial score (nSPS) is 19.9. The molecule has 0 aromatic heterocycles. The molecule has 126 valence electrons. The van der Waals surface area contributed by atoms with Crippen LogP contribution in [-0.2, 0) is 19.1 Å². The highest BCUT2D eigenvalue weighted by atomic mass is 16.6. The number of carbonyl (C=O) groups is 3. The standard InChI is InChI=1S/C16H15NO7/c1-9-7-14(19)24-10(2)15(9)16(20)23-8-13(18)11-3-5-12(6-4-11)17(21)22/h3-7,10,15H,8H2,1-2H3. The molecular weight excluding hydrogens is 318 g/mol. The minimum Gasteiger partial charge on any atom is -0.458 e. The molecule has 0 saturated heterocycles. The minimum absolute atomic E-state index is 0.137. The Bertz CT molecular complexity index is 720. The number of carbonyl (C=O) groups excluding carboxylic acids is 3. The quantitative estimate of drug-likeness (QED) is 0.349. The van der Waals surface area contributed by atoms with E-state index in [-0.39, 0.29) is 11.3 Å². The highest BCUT2D eigenvalue weighted by Crippen LogP contribution is 2.24. The van der Waals surface area contributed by atoms with Crippen molar-refractivity contribution >= 4 is 23.4 Å². The lowest BCUT2D eigenvalue weighted by atomic mass is 9.93. The van der Waals surface area contributed by atoms with Gasteiger partial charge in [0, 0.05) is 23.8 Å². The first kappa shape index (κ1) is 17.3. The largest absolute Gasteiger partial charge is 0.458 e. The van der Waals surface area contributed by atoms with Gasteiger partial charge in [-0.15, -0.1) is 0 Å². The van der Waals surface area contributed by atoms with Crippen molar-refractivity contribution in [2.24, 2.45) is 5.92 Å². The summed E-state index contributed by atoms with van der Waals surface area (Å²) in [4.78, 5) is 45.3. The highest BCUT2D eigenvalue weighted by Gasteiger charge is 2.34. The molecule has 1 aromatic rings. The maximum atomic E-state index is 12.1. The molecule has 2 unspecified atom stereocenters. The van der Waals surface area contributed by atoms with Gasteiger partial charge >= 0.3 is 11.9 Å². The van der Waals surface area contributed by atoms with E-state index < -0.39 is 41.3 Å². The van der Waals surface area contributed by atoms with Crippen LogP contribution < -0.4 is 0 Å². The smallest absolute Gasteiger partial charge is 0.331 e. The predicted octanol–water partition coefficient (Wildman–Crippen LogP) is 1.83. The van der Waals surface area contributed by atoms with E-state index in [1.807, 2.05) is 0 Å². The van der Waals surface area contributed by atoms with Gasteiger partial charge in [-0.05, 0) is 31.6 Å². The van der Waals surface area contributed by atoms with Crippen molar-refractivity contribution < 1.29 is 28.8 Å². The predicted molar refractivity (Wildman–Crippen MR) is 81.2 cm³/mol. The molecule has 0 bridgehead atoms. The minimum atomic E-state index is -0.757. The first-order valence-electron chi connectivity index (χ1n) is 7.12. The molecule has 1 aromatic carbocycles. The van der Waals surface area contributed by atoms with E-state index in [0.29, 0.717) is 5.57 Å². The Morgan fingerprint density at radius 2 is 1.92 bits per heavy atom. The Labute approximate surface area is 137 Å². The number of nitro groups is 1. The molecule has 2 rings (SSSR count). The number of Topliss-reactive ketones (excluding diaryl/α,β-unsaturated/α-hetero) is 1. The second-order valence-corrected chi connectivity index (χ2v) is 5.34. The molecule has 0 amide bonds. The van der Waals surface area contributed by atoms with Gasteiger partial charge in [-0.3, -0.25) is 19.7 Å². The number of esters is 2. The Balaban J connectivity index is 1.98. The molecule has 0 spiro atoms. The van der Waals surface area contributed by atoms with E-state index in [2.05, 4.69) is 0 Å². The molecule has 1 heterocycles. The van der Waals surface area contributed by atoms with Crippen molar-refractivity contribution in [3.63, 3.8) is 0 Å². The summed E-state index contributed by atoms with van der Waals surface area (Å²) < 4.78 is 9.95. The van der Waals surface area contributed by atoms with Crippen molar-refractivity contribution in [1.29, 1.82) is 0 Å². The lowest BCUT2D eigenvalue weighted by Gasteiger charge is -2.26. The summed E-state index contributed by atoms with van der Waals surface area (Å²) >= 11 is 0. The number of hydrogen-bond donors (Lipinski definition) is 0. The molecule has 24 heavy (non-hydrogen) atoms. The summed E-state index contributed by atoms with van der Waals surface area (Å²) in [6, 6.07) is 4.99. The number of ketones is 1. The molecule has 0 saturated carbocycles. The lowest BCUT2D eigenvalue weighted by molar-refractivity contribution is -0.384. The Kier molecular flexibility index (Phi) is 5.08. The summed E-state index contributed by atoms with van der Waals surface area (Å²) in [6.07, 6.45) is 0.536. The monoisotopic (exact) mass is 333 g/mol. The summed E-state index contributed by atoms with van der Waals surface area (Å²) in [7, 11) is 0. The second-order valence-electron chi connectivity index (χ2n) is 5.34. The topological polar surface area (TPSA) is 113 Å². The molecule has 1 aliphatic rings. The fraction of sp³-hybridized carbons (Fsp3) is 0.312. The molecule has 8 nitrogen and oxygen atoms in total. The van der Waals surface area contributed by atoms with E-state index in [9.17, 15) is 24.5 Å². The molecule has 1 aliphatic heterocycles. The zero-order valence-corrected chi connectivity index (χ0v) is 13.1. The SMILES string of the molecule is CC1=CC(=O)OC(C)C1C(=O)OCC(=O)c1ccc([N+](=O)[O-])cc1. The third kappa shape index (κ3) is 3.83. The first-order chi connectivity index (χ1) is 11.3. The third-order valence-electron chi connectivity index (χ3n) is 3.61. The highest BCUT2D eigenvalue weighted by molar-refractivity contribution is 5.98. The van der Waals surface area contributed by atoms with Crippen LogP contribution in [0.2, 0.25) is 0 Å². The molecule has 8 heteroatoms. The van der Waals surface area contributed by atoms with Crippen molar-refractivity contribution in [3.05, 3.63) is 51.6 Å². The number of hydrogen-bond acceptors (Lipinski definition) is 7. The van der Waals surface area contributed by atoms with Gasteiger partial charge in [-0.1, -0.05) is 0 Å². The van der Waals surface area contributed by atoms with Gasteiger partial charge in [0.2, 0.25) is 0 Å². The molecule has 0 fully saturated rings. The van der Waals surface area contributed by atoms with E-state index in [0.717, 1.165) is 0 Å². The molecule has 0 N–H and O–H groups in total. The number of benzene rings is 1. The van der Waals surface area contributed by atoms with Crippen LogP contribution in [0.15, 0.2) is 35.9 Å². The van der Waals surface area contributed by atoms with Gasteiger partial charge in [0.15, 0.2) is 12.4 Å². The van der Waals surface area contributed by atoms with Crippen LogP contribution in [0.1, 0.15) is 24.2 Å². The summed E-state index contributed by atoms with van der Waals surface area (Å²) in [6.45, 7) is 2.68. The van der Waals surface area contributed by atoms with Gasteiger partial charge in [-0.25, -0.2) is 4.79 Å². The number of ether oxygens (including phenoxy) is 2. The van der Waals surface area contributed by atoms with Gasteiger partial charge in [0.25, 0.3) is 5.69 Å². The summed E-state index contributed by atoms with van der Waals surface area (Å²) in [5.74, 6) is -2.43. The van der Waals surface area contributed by atoms with Crippen LogP contribution in [0.5, 0.6) is 0 Å². The maximum absolute atomic E-state index is 12.1. The number of non-ortho nitro benzene ring substituents is 1. The third-order valence-corrected chi connectivity index (χ3v) is 3.61. The van der Waals surface area contributed by atoms with E-state index >= 15 is 0 Å². The first-order valence-corrected chi connectivity index (χ1v) is 7.12. The average molecular weight is 333 g/mol. The lowest BCUT2D eigenvalue weighted by Crippen LogP contribution is -2.36. The Hall–Kier alpha value is -3.03. The fourth-order valence-corrected chi connectivity index (χ4v) is 2.39. The zero-order chi connectivity index (χ0) is 17.9. The van der Waals surface area contributed by atoms with Crippen molar-refractivity contribution in [1.82, 2.24) is 0 Å². The van der Waals surface area contributed by atoms with E-state index in [1.54, 1.807) is 13.8 Å². The molecule has 0 radical (unpaired) electrons. The second kappa shape index (κ2) is 7.03. The average Bonchev–Trinajstić information content (AvgIpc) is 2.51. The fourth-order valence-electron chi connectivity index (χ4n) is 2.39. The van der Waals surface area contributed by atoms with Crippen LogP contribution in [0.25, 0.3) is 0 Å². The number of nitro benzene ring substituents is 1. The van der Waals surface area contributed by atoms with Crippen LogP contribution in [-0.4, -0.2) is 35.4 Å². The van der Waals surface area contributed by atoms with Gasteiger partial charge in [-0.2, -0.15) is 0 Å². The Morgan fingerprint density at radius 3 is 2.46 bits per heavy atom. The summed E-state index contributed by atoms with van der Waals surface area (Å²) in [5.41, 5.74) is 0.567. The van der Waals surface area contributed by atoms with Crippen molar-refractivity contribution in [2.75, 3.05) is 6.61 Å². The van der Waals surface area contributed by atoms with Crippen molar-refractivity contribution in [2.45, 2.75) is 20.0 Å². The Morgan fingerprint density at radius 1 is 1.29 bits per heavy atom. The van der Waals surface area contributed by atoms with Crippen LogP contribution in [0.3, 0.4) is 0 Å². The summed E-state index contributed by atoms with van der Waals surface area (Å²) in [5, 5.41) is 10.6. The van der Waals surface area contributed by atoms with Crippen LogP contribution >= 0.6 is 0 Å². The van der Waals surface area contributed by atoms with Crippen LogP contribution in [0.4, 0.5) is 5.69 Å². The van der Waals surface area contributed by atoms with Crippen molar-refractivity contribution in [3.8, 4) is 0 Å². The number of rotatable bonds is 5. The zero-order valence-electron chi connectivity index (χ0n) is 13.1. The van der Waals surface area contributed by atoms with Crippen LogP contribution in [0, 0.1) is 16.0 Å². The molecule has 2 atom stereocenters. The van der Waals surface area contributed by atoms with Gasteiger partial charge in [0.05, 0.1) is 4.92 Å². The van der Waals surface area contributed by atoms with E-state index in [1.165, 1.54) is 30.3 Å². The maximum Gasteiger partial charge on any atom is 0.331 e. The number of cyclic esters (lactones) is 1. The molecular formula is C16H15NO7. The molecule has 0 aliphatic carbocycles. The van der Waals surface area contributed by atoms with Gasteiger partial charge in [0.1, 0.15) is 12.0 Å². The van der Waals surface area contributed by atoms with Gasteiger partial charge < -0.3 is 9.47 Å². The number of nitrogens with zero attached hydrogens (tertiary/aromatic N) is 1.